The predicted molar refractivity (Wildman–Crippen MR) is 100 cm³/mol. The normalized spacial score (nSPS) is 19.4. The molecule has 152 valence electrons. The van der Waals surface area contributed by atoms with E-state index in [0.29, 0.717) is 30.1 Å². The Balaban J connectivity index is 0.000000300. The van der Waals surface area contributed by atoms with Gasteiger partial charge in [0.25, 0.3) is 5.91 Å². The molecule has 2 aliphatic rings. The van der Waals surface area contributed by atoms with Gasteiger partial charge in [-0.25, -0.2) is 14.6 Å². The second-order valence-corrected chi connectivity index (χ2v) is 6.63. The number of nitrogens with zero attached hydrogens (tertiary/aromatic N) is 3. The number of carbonyl (C=O) groups is 3. The molecular formula is C19H25N3O6. The number of pyridine rings is 1. The number of likely N-dealkylation sites (tertiary alicyclic amines) is 1. The van der Waals surface area contributed by atoms with Crippen LogP contribution >= 0.6 is 0 Å². The van der Waals surface area contributed by atoms with Gasteiger partial charge in [0.1, 0.15) is 11.7 Å². The average Bonchev–Trinajstić information content (AvgIpc) is 3.14. The van der Waals surface area contributed by atoms with E-state index in [1.807, 2.05) is 7.05 Å². The molecule has 0 radical (unpaired) electrons. The van der Waals surface area contributed by atoms with Crippen LogP contribution in [0.3, 0.4) is 0 Å². The van der Waals surface area contributed by atoms with Gasteiger partial charge in [-0.15, -0.1) is 0 Å². The third-order valence-electron chi connectivity index (χ3n) is 4.44. The zero-order valence-electron chi connectivity index (χ0n) is 15.8. The van der Waals surface area contributed by atoms with Crippen LogP contribution in [0.2, 0.25) is 0 Å². The molecule has 28 heavy (non-hydrogen) atoms. The topological polar surface area (TPSA) is 120 Å². The summed E-state index contributed by atoms with van der Waals surface area (Å²) in [5, 5.41) is 15.6. The van der Waals surface area contributed by atoms with Crippen LogP contribution in [0.25, 0.3) is 0 Å². The molecule has 9 heteroatoms. The molecule has 0 saturated carbocycles. The average molecular weight is 391 g/mol. The van der Waals surface area contributed by atoms with Gasteiger partial charge in [-0.3, -0.25) is 4.79 Å². The van der Waals surface area contributed by atoms with E-state index < -0.39 is 11.9 Å². The van der Waals surface area contributed by atoms with Crippen molar-refractivity contribution in [3.05, 3.63) is 36.0 Å². The lowest BCUT2D eigenvalue weighted by atomic mass is 10.2. The fraction of sp³-hybridized carbons (Fsp3) is 0.474. The van der Waals surface area contributed by atoms with E-state index in [-0.39, 0.29) is 12.0 Å². The first-order valence-corrected chi connectivity index (χ1v) is 9.10. The van der Waals surface area contributed by atoms with Crippen LogP contribution in [-0.2, 0) is 9.59 Å². The number of likely N-dealkylation sites (N-methyl/N-ethyl adjacent to an activating group) is 1. The summed E-state index contributed by atoms with van der Waals surface area (Å²) in [6.07, 6.45) is 6.36. The molecule has 9 nitrogen and oxygen atoms in total. The number of ether oxygens (including phenoxy) is 1. The van der Waals surface area contributed by atoms with E-state index in [4.69, 9.17) is 14.9 Å². The molecule has 0 spiro atoms. The number of hydrogen-bond acceptors (Lipinski definition) is 6. The molecule has 0 bridgehead atoms. The third kappa shape index (κ3) is 6.66. The fourth-order valence-electron chi connectivity index (χ4n) is 3.06. The second-order valence-electron chi connectivity index (χ2n) is 6.63. The first-order valence-electron chi connectivity index (χ1n) is 9.10. The Morgan fingerprint density at radius 1 is 1.25 bits per heavy atom. The molecule has 2 N–H and O–H groups in total. The van der Waals surface area contributed by atoms with Gasteiger partial charge >= 0.3 is 11.9 Å². The molecule has 3 rings (SSSR count). The van der Waals surface area contributed by atoms with Gasteiger partial charge in [-0.1, -0.05) is 0 Å². The highest BCUT2D eigenvalue weighted by atomic mass is 16.5. The van der Waals surface area contributed by atoms with Crippen molar-refractivity contribution in [1.29, 1.82) is 0 Å². The summed E-state index contributed by atoms with van der Waals surface area (Å²) in [6, 6.07) is 3.56. The molecule has 1 saturated heterocycles. The Labute approximate surface area is 163 Å². The van der Waals surface area contributed by atoms with Gasteiger partial charge in [0, 0.05) is 31.9 Å². The lowest BCUT2D eigenvalue weighted by molar-refractivity contribution is -0.134. The highest BCUT2D eigenvalue weighted by molar-refractivity contribution is 5.96. The molecule has 1 aromatic rings. The van der Waals surface area contributed by atoms with Crippen molar-refractivity contribution in [1.82, 2.24) is 14.8 Å². The summed E-state index contributed by atoms with van der Waals surface area (Å²) in [4.78, 5) is 39.8. The first-order chi connectivity index (χ1) is 13.4. The maximum Gasteiger partial charge on any atom is 0.328 e. The summed E-state index contributed by atoms with van der Waals surface area (Å²) in [7, 11) is 1.83. The maximum atomic E-state index is 12.2. The monoisotopic (exact) mass is 391 g/mol. The van der Waals surface area contributed by atoms with Crippen LogP contribution in [-0.4, -0.2) is 82.2 Å². The Kier molecular flexibility index (Phi) is 7.94. The Morgan fingerprint density at radius 2 is 1.89 bits per heavy atom. The van der Waals surface area contributed by atoms with Crippen LogP contribution in [0.15, 0.2) is 30.5 Å². The fourth-order valence-corrected chi connectivity index (χ4v) is 3.06. The Hall–Kier alpha value is -2.94. The highest BCUT2D eigenvalue weighted by Crippen LogP contribution is 2.23. The largest absolute Gasteiger partial charge is 0.478 e. The smallest absolute Gasteiger partial charge is 0.328 e. The second kappa shape index (κ2) is 10.4. The number of carboxylic acids is 2. The maximum absolute atomic E-state index is 12.2. The Bertz CT molecular complexity index is 714. The van der Waals surface area contributed by atoms with Crippen LogP contribution in [0.1, 0.15) is 29.6 Å². The number of aliphatic carboxylic acids is 2. The van der Waals surface area contributed by atoms with Crippen molar-refractivity contribution in [2.24, 2.45) is 0 Å². The molecule has 1 unspecified atom stereocenters. The number of rotatable bonds is 5. The molecule has 0 aromatic carbocycles. The summed E-state index contributed by atoms with van der Waals surface area (Å²) >= 11 is 0. The van der Waals surface area contributed by atoms with E-state index in [9.17, 15) is 14.4 Å². The first kappa shape index (κ1) is 21.4. The number of carboxylic acid groups (broad SMARTS) is 2. The SMILES string of the molecule is CN1CC(CCN2CCCC2)Oc2ncccc2C1=O.O=C(O)C=CC(=O)O. The van der Waals surface area contributed by atoms with E-state index in [1.54, 1.807) is 23.2 Å². The van der Waals surface area contributed by atoms with Crippen molar-refractivity contribution >= 4 is 17.8 Å². The van der Waals surface area contributed by atoms with Gasteiger partial charge < -0.3 is 24.7 Å². The number of amides is 1. The van der Waals surface area contributed by atoms with Gasteiger partial charge in [0.2, 0.25) is 5.88 Å². The molecular weight excluding hydrogens is 366 g/mol. The molecule has 3 heterocycles. The summed E-state index contributed by atoms with van der Waals surface area (Å²) in [5.41, 5.74) is 0.568. The predicted octanol–water partition coefficient (Wildman–Crippen LogP) is 1.11. The van der Waals surface area contributed by atoms with E-state index in [1.165, 1.54) is 25.9 Å². The zero-order valence-corrected chi connectivity index (χ0v) is 15.8. The van der Waals surface area contributed by atoms with Crippen LogP contribution in [0.4, 0.5) is 0 Å². The molecule has 2 aliphatic heterocycles. The summed E-state index contributed by atoms with van der Waals surface area (Å²) in [5.74, 6) is -2.04. The molecule has 1 fully saturated rings. The molecule has 1 aromatic heterocycles. The number of hydrogen-bond donors (Lipinski definition) is 2. The van der Waals surface area contributed by atoms with Crippen molar-refractivity contribution < 1.29 is 29.3 Å². The van der Waals surface area contributed by atoms with Crippen molar-refractivity contribution in [2.75, 3.05) is 33.2 Å². The van der Waals surface area contributed by atoms with E-state index in [0.717, 1.165) is 13.0 Å². The quantitative estimate of drug-likeness (QED) is 0.716. The van der Waals surface area contributed by atoms with E-state index >= 15 is 0 Å². The van der Waals surface area contributed by atoms with Gasteiger partial charge in [-0.05, 0) is 44.5 Å². The standard InChI is InChI=1S/C15H21N3O2.C4H4O4/c1-17-11-12(6-10-18-8-2-3-9-18)20-14-13(15(17)19)5-4-7-16-14;5-3(6)1-2-4(7)8/h4-5,7,12H,2-3,6,8-11H2,1H3;1-2H,(H,5,6)(H,7,8). The lowest BCUT2D eigenvalue weighted by Crippen LogP contribution is -2.36. The van der Waals surface area contributed by atoms with Crippen molar-refractivity contribution in [3.8, 4) is 5.88 Å². The minimum absolute atomic E-state index is 0.00299. The number of fused-ring (bicyclic) bond motifs is 1. The Morgan fingerprint density at radius 3 is 2.50 bits per heavy atom. The minimum atomic E-state index is -1.26. The van der Waals surface area contributed by atoms with Crippen LogP contribution in [0, 0.1) is 0 Å². The van der Waals surface area contributed by atoms with Crippen molar-refractivity contribution in [3.63, 3.8) is 0 Å². The summed E-state index contributed by atoms with van der Waals surface area (Å²) < 4.78 is 5.96. The number of carbonyl (C=O) groups excluding carboxylic acids is 1. The highest BCUT2D eigenvalue weighted by Gasteiger charge is 2.27. The molecule has 1 atom stereocenters. The zero-order chi connectivity index (χ0) is 20.5. The van der Waals surface area contributed by atoms with Gasteiger partial charge in [0.05, 0.1) is 6.54 Å². The van der Waals surface area contributed by atoms with Crippen molar-refractivity contribution in [2.45, 2.75) is 25.4 Å². The number of aromatic nitrogens is 1. The van der Waals surface area contributed by atoms with Gasteiger partial charge in [-0.2, -0.15) is 0 Å². The summed E-state index contributed by atoms with van der Waals surface area (Å²) in [6.45, 7) is 4.05. The van der Waals surface area contributed by atoms with Gasteiger partial charge in [0.15, 0.2) is 0 Å². The lowest BCUT2D eigenvalue weighted by Gasteiger charge is -2.22. The molecule has 1 amide bonds. The van der Waals surface area contributed by atoms with Crippen LogP contribution in [0.5, 0.6) is 5.88 Å². The molecule has 0 aliphatic carbocycles. The van der Waals surface area contributed by atoms with E-state index in [2.05, 4.69) is 9.88 Å². The minimum Gasteiger partial charge on any atom is -0.478 e. The third-order valence-corrected chi connectivity index (χ3v) is 4.44. The van der Waals surface area contributed by atoms with Crippen LogP contribution < -0.4 is 4.74 Å².